The molecule has 4 rings (SSSR count). The number of esters is 1. The van der Waals surface area contributed by atoms with E-state index < -0.39 is 5.97 Å². The van der Waals surface area contributed by atoms with Gasteiger partial charge in [-0.25, -0.2) is 9.78 Å². The van der Waals surface area contributed by atoms with Crippen LogP contribution in [0.3, 0.4) is 0 Å². The number of carbonyl (C=O) groups is 1. The number of fused-ring (bicyclic) bond motifs is 1. The second-order valence-electron chi connectivity index (χ2n) is 5.11. The maximum atomic E-state index is 12.3. The number of ether oxygens (including phenoxy) is 3. The monoisotopic (exact) mass is 339 g/mol. The van der Waals surface area contributed by atoms with Gasteiger partial charge in [0.15, 0.2) is 11.5 Å². The third-order valence-electron chi connectivity index (χ3n) is 3.54. The van der Waals surface area contributed by atoms with Gasteiger partial charge in [-0.3, -0.25) is 0 Å². The SMILES string of the molecule is O=C(OCc1cnc(-c2ccccc2)s1)c1cccc2c1OCO2. The highest BCUT2D eigenvalue weighted by Gasteiger charge is 2.22. The minimum atomic E-state index is -0.438. The van der Waals surface area contributed by atoms with Gasteiger partial charge in [-0.05, 0) is 12.1 Å². The quantitative estimate of drug-likeness (QED) is 0.675. The molecule has 0 radical (unpaired) electrons. The molecule has 120 valence electrons. The summed E-state index contributed by atoms with van der Waals surface area (Å²) in [4.78, 5) is 17.5. The summed E-state index contributed by atoms with van der Waals surface area (Å²) in [5.41, 5.74) is 1.42. The molecular weight excluding hydrogens is 326 g/mol. The molecule has 0 saturated heterocycles. The number of rotatable bonds is 4. The Labute approximate surface area is 142 Å². The molecule has 3 aromatic rings. The van der Waals surface area contributed by atoms with E-state index in [1.165, 1.54) is 11.3 Å². The number of aromatic nitrogens is 1. The van der Waals surface area contributed by atoms with Crippen molar-refractivity contribution in [1.82, 2.24) is 4.98 Å². The molecule has 2 aromatic carbocycles. The lowest BCUT2D eigenvalue weighted by molar-refractivity contribution is 0.0472. The lowest BCUT2D eigenvalue weighted by atomic mass is 10.2. The number of nitrogens with zero attached hydrogens (tertiary/aromatic N) is 1. The van der Waals surface area contributed by atoms with Crippen LogP contribution in [0.1, 0.15) is 15.2 Å². The maximum Gasteiger partial charge on any atom is 0.342 e. The summed E-state index contributed by atoms with van der Waals surface area (Å²) in [6.07, 6.45) is 1.73. The fraction of sp³-hybridized carbons (Fsp3) is 0.111. The van der Waals surface area contributed by atoms with Gasteiger partial charge in [0, 0.05) is 11.8 Å². The van der Waals surface area contributed by atoms with Gasteiger partial charge in [0.05, 0.1) is 4.88 Å². The zero-order valence-electron chi connectivity index (χ0n) is 12.6. The summed E-state index contributed by atoms with van der Waals surface area (Å²) in [5.74, 6) is 0.567. The first kappa shape index (κ1) is 14.7. The van der Waals surface area contributed by atoms with Gasteiger partial charge in [-0.2, -0.15) is 0 Å². The van der Waals surface area contributed by atoms with Crippen LogP contribution in [-0.4, -0.2) is 17.7 Å². The molecule has 6 heteroatoms. The molecule has 0 spiro atoms. The van der Waals surface area contributed by atoms with E-state index in [0.717, 1.165) is 15.4 Å². The summed E-state index contributed by atoms with van der Waals surface area (Å²) < 4.78 is 16.0. The third-order valence-corrected chi connectivity index (χ3v) is 4.56. The average Bonchev–Trinajstić information content (AvgIpc) is 3.29. The van der Waals surface area contributed by atoms with E-state index in [2.05, 4.69) is 4.98 Å². The fourth-order valence-corrected chi connectivity index (χ4v) is 3.22. The summed E-state index contributed by atoms with van der Waals surface area (Å²) >= 11 is 1.50. The number of para-hydroxylation sites is 1. The highest BCUT2D eigenvalue weighted by molar-refractivity contribution is 7.15. The predicted molar refractivity (Wildman–Crippen MR) is 89.2 cm³/mol. The molecule has 0 atom stereocenters. The highest BCUT2D eigenvalue weighted by Crippen LogP contribution is 2.35. The smallest absolute Gasteiger partial charge is 0.342 e. The van der Waals surface area contributed by atoms with Gasteiger partial charge in [0.2, 0.25) is 6.79 Å². The lowest BCUT2D eigenvalue weighted by Crippen LogP contribution is -2.06. The molecule has 0 aliphatic carbocycles. The zero-order chi connectivity index (χ0) is 16.4. The Morgan fingerprint density at radius 1 is 1.12 bits per heavy atom. The summed E-state index contributed by atoms with van der Waals surface area (Å²) in [7, 11) is 0. The molecule has 2 heterocycles. The van der Waals surface area contributed by atoms with Gasteiger partial charge in [-0.1, -0.05) is 36.4 Å². The van der Waals surface area contributed by atoms with Gasteiger partial charge >= 0.3 is 5.97 Å². The Kier molecular flexibility index (Phi) is 3.88. The van der Waals surface area contributed by atoms with E-state index in [1.54, 1.807) is 24.4 Å². The minimum absolute atomic E-state index is 0.120. The van der Waals surface area contributed by atoms with Gasteiger partial charge in [-0.15, -0.1) is 11.3 Å². The van der Waals surface area contributed by atoms with Crippen LogP contribution in [0, 0.1) is 0 Å². The van der Waals surface area contributed by atoms with E-state index in [9.17, 15) is 4.79 Å². The number of carbonyl (C=O) groups excluding carboxylic acids is 1. The van der Waals surface area contributed by atoms with Crippen molar-refractivity contribution in [2.45, 2.75) is 6.61 Å². The Hall–Kier alpha value is -2.86. The van der Waals surface area contributed by atoms with Crippen LogP contribution in [0.15, 0.2) is 54.7 Å². The number of hydrogen-bond acceptors (Lipinski definition) is 6. The zero-order valence-corrected chi connectivity index (χ0v) is 13.4. The molecule has 0 saturated carbocycles. The first-order chi connectivity index (χ1) is 11.8. The molecule has 1 aliphatic rings. The first-order valence-electron chi connectivity index (χ1n) is 7.37. The molecule has 0 N–H and O–H groups in total. The van der Waals surface area contributed by atoms with Crippen molar-refractivity contribution >= 4 is 17.3 Å². The van der Waals surface area contributed by atoms with Crippen molar-refractivity contribution in [2.75, 3.05) is 6.79 Å². The Bertz CT molecular complexity index is 876. The maximum absolute atomic E-state index is 12.3. The molecule has 24 heavy (non-hydrogen) atoms. The van der Waals surface area contributed by atoms with Crippen LogP contribution in [0.5, 0.6) is 11.5 Å². The molecule has 5 nitrogen and oxygen atoms in total. The molecule has 0 bridgehead atoms. The Balaban J connectivity index is 1.45. The number of hydrogen-bond donors (Lipinski definition) is 0. The van der Waals surface area contributed by atoms with E-state index in [4.69, 9.17) is 14.2 Å². The molecule has 1 aliphatic heterocycles. The Morgan fingerprint density at radius 3 is 2.88 bits per heavy atom. The van der Waals surface area contributed by atoms with E-state index in [-0.39, 0.29) is 13.4 Å². The number of benzene rings is 2. The molecule has 0 unspecified atom stereocenters. The summed E-state index contributed by atoms with van der Waals surface area (Å²) in [5, 5.41) is 0.902. The topological polar surface area (TPSA) is 57.7 Å². The van der Waals surface area contributed by atoms with Gasteiger partial charge < -0.3 is 14.2 Å². The summed E-state index contributed by atoms with van der Waals surface area (Å²) in [6.45, 7) is 0.294. The molecule has 0 fully saturated rings. The molecule has 0 amide bonds. The van der Waals surface area contributed by atoms with Crippen molar-refractivity contribution in [3.8, 4) is 22.1 Å². The summed E-state index contributed by atoms with van der Waals surface area (Å²) in [6, 6.07) is 15.1. The third kappa shape index (κ3) is 2.83. The number of thiazole rings is 1. The predicted octanol–water partition coefficient (Wildman–Crippen LogP) is 3.90. The van der Waals surface area contributed by atoms with Gasteiger partial charge in [0.1, 0.15) is 17.2 Å². The average molecular weight is 339 g/mol. The molecular formula is C18H13NO4S. The van der Waals surface area contributed by atoms with Crippen LogP contribution in [0.25, 0.3) is 10.6 Å². The van der Waals surface area contributed by atoms with Crippen LogP contribution >= 0.6 is 11.3 Å². The fourth-order valence-electron chi connectivity index (χ4n) is 2.39. The Morgan fingerprint density at radius 2 is 2.00 bits per heavy atom. The van der Waals surface area contributed by atoms with Crippen LogP contribution in [-0.2, 0) is 11.3 Å². The van der Waals surface area contributed by atoms with E-state index in [1.807, 2.05) is 30.3 Å². The first-order valence-corrected chi connectivity index (χ1v) is 8.19. The van der Waals surface area contributed by atoms with Crippen molar-refractivity contribution in [2.24, 2.45) is 0 Å². The van der Waals surface area contributed by atoms with Crippen LogP contribution < -0.4 is 9.47 Å². The van der Waals surface area contributed by atoms with Crippen LogP contribution in [0.2, 0.25) is 0 Å². The normalized spacial score (nSPS) is 12.2. The van der Waals surface area contributed by atoms with E-state index >= 15 is 0 Å². The minimum Gasteiger partial charge on any atom is -0.456 e. The van der Waals surface area contributed by atoms with Crippen molar-refractivity contribution in [3.05, 3.63) is 65.2 Å². The van der Waals surface area contributed by atoms with Gasteiger partial charge in [0.25, 0.3) is 0 Å². The van der Waals surface area contributed by atoms with Crippen molar-refractivity contribution in [3.63, 3.8) is 0 Å². The van der Waals surface area contributed by atoms with Crippen molar-refractivity contribution < 1.29 is 19.0 Å². The molecule has 1 aromatic heterocycles. The largest absolute Gasteiger partial charge is 0.456 e. The second-order valence-corrected chi connectivity index (χ2v) is 6.23. The second kappa shape index (κ2) is 6.33. The lowest BCUT2D eigenvalue weighted by Gasteiger charge is -2.05. The standard InChI is InChI=1S/C18H13NO4S/c20-18(14-7-4-8-15-16(14)23-11-22-15)21-10-13-9-19-17(24-13)12-5-2-1-3-6-12/h1-9H,10-11H2. The highest BCUT2D eigenvalue weighted by atomic mass is 32.1. The van der Waals surface area contributed by atoms with E-state index in [0.29, 0.717) is 17.1 Å². The van der Waals surface area contributed by atoms with Crippen LogP contribution in [0.4, 0.5) is 0 Å². The van der Waals surface area contributed by atoms with Crippen molar-refractivity contribution in [1.29, 1.82) is 0 Å².